The molecule has 0 saturated carbocycles. The molecule has 25 heavy (non-hydrogen) atoms. The van der Waals surface area contributed by atoms with Gasteiger partial charge >= 0.3 is 0 Å². The van der Waals surface area contributed by atoms with Gasteiger partial charge in [-0.25, -0.2) is 8.42 Å². The third-order valence-corrected chi connectivity index (χ3v) is 5.81. The Morgan fingerprint density at radius 3 is 2.48 bits per heavy atom. The van der Waals surface area contributed by atoms with Crippen molar-refractivity contribution in [1.29, 1.82) is 0 Å². The van der Waals surface area contributed by atoms with Crippen LogP contribution in [0.2, 0.25) is 0 Å². The fourth-order valence-corrected chi connectivity index (χ4v) is 3.61. The van der Waals surface area contributed by atoms with E-state index in [1.54, 1.807) is 17.8 Å². The van der Waals surface area contributed by atoms with Crippen molar-refractivity contribution in [2.75, 3.05) is 26.5 Å². The normalized spacial score (nSPS) is 12.2. The maximum absolute atomic E-state index is 12.5. The maximum atomic E-state index is 12.5. The van der Waals surface area contributed by atoms with Gasteiger partial charge in [-0.15, -0.1) is 0 Å². The summed E-state index contributed by atoms with van der Waals surface area (Å²) >= 11 is 0. The predicted molar refractivity (Wildman–Crippen MR) is 96.3 cm³/mol. The van der Waals surface area contributed by atoms with Crippen molar-refractivity contribution < 1.29 is 17.9 Å². The van der Waals surface area contributed by atoms with Gasteiger partial charge in [0, 0.05) is 39.6 Å². The highest BCUT2D eigenvalue weighted by atomic mass is 32.2. The van der Waals surface area contributed by atoms with Crippen LogP contribution in [0, 0.1) is 0 Å². The van der Waals surface area contributed by atoms with E-state index < -0.39 is 16.3 Å². The van der Waals surface area contributed by atoms with Gasteiger partial charge in [0.25, 0.3) is 0 Å². The number of hydrogen-bond donors (Lipinski definition) is 0. The Morgan fingerprint density at radius 1 is 1.24 bits per heavy atom. The van der Waals surface area contributed by atoms with E-state index in [0.717, 1.165) is 16.7 Å². The first kappa shape index (κ1) is 19.6. The van der Waals surface area contributed by atoms with Crippen LogP contribution in [0.3, 0.4) is 0 Å². The van der Waals surface area contributed by atoms with Crippen molar-refractivity contribution in [2.45, 2.75) is 19.8 Å². The number of aromatic nitrogens is 2. The molecule has 0 aliphatic carbocycles. The second kappa shape index (κ2) is 8.57. The van der Waals surface area contributed by atoms with Crippen molar-refractivity contribution in [3.05, 3.63) is 42.2 Å². The van der Waals surface area contributed by atoms with Crippen molar-refractivity contribution in [3.63, 3.8) is 0 Å². The first-order valence-electron chi connectivity index (χ1n) is 8.01. The minimum atomic E-state index is -3.41. The molecular formula is C17H25N3O4S. The monoisotopic (exact) mass is 367 g/mol. The molecule has 1 heterocycles. The Morgan fingerprint density at radius 2 is 1.92 bits per heavy atom. The Kier molecular flexibility index (Phi) is 6.71. The highest BCUT2D eigenvalue weighted by Crippen LogP contribution is 2.25. The summed E-state index contributed by atoms with van der Waals surface area (Å²) in [6, 6.07) is 7.72. The summed E-state index contributed by atoms with van der Waals surface area (Å²) < 4.78 is 38.5. The summed E-state index contributed by atoms with van der Waals surface area (Å²) in [5.74, 6) is 0.0161. The summed E-state index contributed by atoms with van der Waals surface area (Å²) in [5, 5.41) is 4.20. The first-order chi connectivity index (χ1) is 11.9. The highest BCUT2D eigenvalue weighted by molar-refractivity contribution is 7.89. The Bertz CT molecular complexity index is 785. The van der Waals surface area contributed by atoms with Crippen LogP contribution < -0.4 is 0 Å². The molecule has 8 heteroatoms. The van der Waals surface area contributed by atoms with Gasteiger partial charge < -0.3 is 9.47 Å². The molecule has 0 amide bonds. The number of aryl methyl sites for hydroxylation is 1. The molecule has 138 valence electrons. The van der Waals surface area contributed by atoms with Gasteiger partial charge in [-0.05, 0) is 18.1 Å². The zero-order valence-electron chi connectivity index (χ0n) is 15.0. The van der Waals surface area contributed by atoms with Crippen LogP contribution in [-0.4, -0.2) is 55.3 Å². The molecule has 2 aromatic rings. The summed E-state index contributed by atoms with van der Waals surface area (Å²) in [4.78, 5) is 0. The van der Waals surface area contributed by atoms with Gasteiger partial charge in [-0.1, -0.05) is 24.3 Å². The molecule has 2 rings (SSSR count). The molecule has 0 spiro atoms. The van der Waals surface area contributed by atoms with Gasteiger partial charge in [-0.3, -0.25) is 4.68 Å². The zero-order valence-corrected chi connectivity index (χ0v) is 15.9. The Hall–Kier alpha value is -1.74. The fourth-order valence-electron chi connectivity index (χ4n) is 2.56. The number of nitrogens with zero attached hydrogens (tertiary/aromatic N) is 3. The molecule has 1 aromatic carbocycles. The average molecular weight is 367 g/mol. The van der Waals surface area contributed by atoms with Crippen molar-refractivity contribution in [2.24, 2.45) is 7.05 Å². The third-order valence-electron chi connectivity index (χ3n) is 4.02. The first-order valence-corrected chi connectivity index (χ1v) is 9.62. The van der Waals surface area contributed by atoms with Gasteiger partial charge in [0.2, 0.25) is 10.0 Å². The SMILES string of the molecule is CCS(=O)(=O)N(Cc1ccccc1-c1cnn(C)c1)CC(OC)OC. The van der Waals surface area contributed by atoms with Gasteiger partial charge in [0.1, 0.15) is 0 Å². The minimum absolute atomic E-state index is 0.0161. The van der Waals surface area contributed by atoms with Crippen LogP contribution in [0.4, 0.5) is 0 Å². The van der Waals surface area contributed by atoms with Crippen LogP contribution in [0.15, 0.2) is 36.7 Å². The number of sulfonamides is 1. The third kappa shape index (κ3) is 4.88. The molecule has 0 atom stereocenters. The Labute approximate surface area is 149 Å². The van der Waals surface area contributed by atoms with E-state index in [1.165, 1.54) is 18.5 Å². The van der Waals surface area contributed by atoms with Gasteiger partial charge in [-0.2, -0.15) is 9.40 Å². The van der Waals surface area contributed by atoms with E-state index in [4.69, 9.17) is 9.47 Å². The van der Waals surface area contributed by atoms with Crippen molar-refractivity contribution >= 4 is 10.0 Å². The molecule has 0 fully saturated rings. The highest BCUT2D eigenvalue weighted by Gasteiger charge is 2.25. The number of ether oxygens (including phenoxy) is 2. The van der Waals surface area contributed by atoms with E-state index in [-0.39, 0.29) is 18.8 Å². The fraction of sp³-hybridized carbons (Fsp3) is 0.471. The predicted octanol–water partition coefficient (Wildman–Crippen LogP) is 1.86. The quantitative estimate of drug-likeness (QED) is 0.633. The molecule has 0 aliphatic heterocycles. The molecule has 0 radical (unpaired) electrons. The maximum Gasteiger partial charge on any atom is 0.214 e. The molecule has 0 aliphatic rings. The van der Waals surface area contributed by atoms with E-state index in [9.17, 15) is 8.42 Å². The summed E-state index contributed by atoms with van der Waals surface area (Å²) in [5.41, 5.74) is 2.80. The van der Waals surface area contributed by atoms with Crippen LogP contribution in [0.1, 0.15) is 12.5 Å². The lowest BCUT2D eigenvalue weighted by molar-refractivity contribution is -0.108. The van der Waals surface area contributed by atoms with Crippen molar-refractivity contribution in [1.82, 2.24) is 14.1 Å². The Balaban J connectivity index is 2.36. The molecular weight excluding hydrogens is 342 g/mol. The van der Waals surface area contributed by atoms with E-state index in [1.807, 2.05) is 37.5 Å². The molecule has 0 N–H and O–H groups in total. The summed E-state index contributed by atoms with van der Waals surface area (Å²) in [6.07, 6.45) is 3.06. The smallest absolute Gasteiger partial charge is 0.214 e. The van der Waals surface area contributed by atoms with Crippen LogP contribution >= 0.6 is 0 Å². The number of rotatable bonds is 9. The van der Waals surface area contributed by atoms with E-state index in [2.05, 4.69) is 5.10 Å². The van der Waals surface area contributed by atoms with E-state index >= 15 is 0 Å². The molecule has 1 aromatic heterocycles. The van der Waals surface area contributed by atoms with Gasteiger partial charge in [0.15, 0.2) is 6.29 Å². The average Bonchev–Trinajstić information content (AvgIpc) is 3.05. The summed E-state index contributed by atoms with van der Waals surface area (Å²) in [6.45, 7) is 2.00. The minimum Gasteiger partial charge on any atom is -0.354 e. The lowest BCUT2D eigenvalue weighted by atomic mass is 10.0. The molecule has 0 unspecified atom stereocenters. The number of methoxy groups -OCH3 is 2. The number of benzene rings is 1. The van der Waals surface area contributed by atoms with Crippen LogP contribution in [-0.2, 0) is 33.1 Å². The molecule has 0 saturated heterocycles. The molecule has 0 bridgehead atoms. The van der Waals surface area contributed by atoms with Crippen LogP contribution in [0.5, 0.6) is 0 Å². The van der Waals surface area contributed by atoms with Gasteiger partial charge in [0.05, 0.1) is 18.5 Å². The lowest BCUT2D eigenvalue weighted by Gasteiger charge is -2.26. The standard InChI is InChI=1S/C17H25N3O4S/c1-5-25(21,22)20(13-17(23-3)24-4)12-14-8-6-7-9-16(14)15-10-18-19(2)11-15/h6-11,17H,5,12-13H2,1-4H3. The van der Waals surface area contributed by atoms with Crippen LogP contribution in [0.25, 0.3) is 11.1 Å². The van der Waals surface area contributed by atoms with Crippen molar-refractivity contribution in [3.8, 4) is 11.1 Å². The molecule has 7 nitrogen and oxygen atoms in total. The largest absolute Gasteiger partial charge is 0.354 e. The zero-order chi connectivity index (χ0) is 18.4. The summed E-state index contributed by atoms with van der Waals surface area (Å²) in [7, 11) is 1.42. The lowest BCUT2D eigenvalue weighted by Crippen LogP contribution is -2.39. The van der Waals surface area contributed by atoms with E-state index in [0.29, 0.717) is 0 Å². The number of hydrogen-bond acceptors (Lipinski definition) is 5. The second-order valence-corrected chi connectivity index (χ2v) is 7.91. The topological polar surface area (TPSA) is 73.7 Å². The second-order valence-electron chi connectivity index (χ2n) is 5.65.